The summed E-state index contributed by atoms with van der Waals surface area (Å²) in [6.07, 6.45) is 0.118. The van der Waals surface area contributed by atoms with E-state index in [9.17, 15) is 14.7 Å². The van der Waals surface area contributed by atoms with Gasteiger partial charge < -0.3 is 20.3 Å². The van der Waals surface area contributed by atoms with Gasteiger partial charge >= 0.3 is 0 Å². The zero-order valence-corrected chi connectivity index (χ0v) is 16.9. The number of carbonyl (C=O) groups excluding carboxylic acids is 2. The van der Waals surface area contributed by atoms with Gasteiger partial charge in [-0.1, -0.05) is 23.4 Å². The highest BCUT2D eigenvalue weighted by atomic mass is 16.5. The van der Waals surface area contributed by atoms with E-state index in [1.165, 1.54) is 15.6 Å². The van der Waals surface area contributed by atoms with E-state index in [1.807, 2.05) is 12.1 Å². The van der Waals surface area contributed by atoms with Gasteiger partial charge in [-0.15, -0.1) is 0 Å². The topological polar surface area (TPSA) is 140 Å². The third-order valence-corrected chi connectivity index (χ3v) is 4.96. The third kappa shape index (κ3) is 3.64. The van der Waals surface area contributed by atoms with Crippen molar-refractivity contribution in [3.8, 4) is 17.1 Å². The molecule has 0 saturated heterocycles. The molecule has 10 heteroatoms. The minimum atomic E-state index is -1.44. The van der Waals surface area contributed by atoms with E-state index < -0.39 is 17.9 Å². The number of fused-ring (bicyclic) bond motifs is 1. The third-order valence-electron chi connectivity index (χ3n) is 4.96. The fourth-order valence-electron chi connectivity index (χ4n) is 3.16. The molecule has 0 unspecified atom stereocenters. The van der Waals surface area contributed by atoms with Gasteiger partial charge in [-0.05, 0) is 25.1 Å². The Labute approximate surface area is 176 Å². The average molecular weight is 420 g/mol. The van der Waals surface area contributed by atoms with Crippen molar-refractivity contribution in [1.29, 1.82) is 0 Å². The van der Waals surface area contributed by atoms with Crippen LogP contribution < -0.4 is 5.73 Å². The molecule has 2 amide bonds. The largest absolute Gasteiger partial charge is 0.376 e. The van der Waals surface area contributed by atoms with Crippen LogP contribution in [0.25, 0.3) is 28.0 Å². The molecule has 10 nitrogen and oxygen atoms in total. The Hall–Kier alpha value is -4.05. The number of aliphatic hydroxyl groups is 1. The molecule has 1 atom stereocenters. The van der Waals surface area contributed by atoms with Crippen LogP contribution in [0.2, 0.25) is 0 Å². The Morgan fingerprint density at radius 1 is 1.26 bits per heavy atom. The van der Waals surface area contributed by atoms with Crippen LogP contribution in [-0.4, -0.2) is 55.3 Å². The molecule has 0 aliphatic rings. The van der Waals surface area contributed by atoms with Crippen molar-refractivity contribution in [2.75, 3.05) is 13.6 Å². The first-order chi connectivity index (χ1) is 14.9. The van der Waals surface area contributed by atoms with E-state index in [1.54, 1.807) is 44.4 Å². The molecule has 1 aromatic carbocycles. The van der Waals surface area contributed by atoms with Gasteiger partial charge in [0.15, 0.2) is 23.4 Å². The van der Waals surface area contributed by atoms with E-state index in [0.29, 0.717) is 34.5 Å². The monoisotopic (exact) mass is 420 g/mol. The van der Waals surface area contributed by atoms with E-state index in [-0.39, 0.29) is 11.5 Å². The molecule has 3 aromatic heterocycles. The maximum Gasteiger partial charge on any atom is 0.269 e. The summed E-state index contributed by atoms with van der Waals surface area (Å²) < 4.78 is 6.72. The number of benzene rings is 1. The van der Waals surface area contributed by atoms with Crippen molar-refractivity contribution in [3.05, 3.63) is 60.1 Å². The van der Waals surface area contributed by atoms with Crippen LogP contribution in [0.3, 0.4) is 0 Å². The lowest BCUT2D eigenvalue weighted by atomic mass is 10.1. The number of nitrogens with two attached hydrogens (primary N) is 1. The van der Waals surface area contributed by atoms with Crippen LogP contribution in [0.1, 0.15) is 29.3 Å². The first kappa shape index (κ1) is 20.2. The van der Waals surface area contributed by atoms with Gasteiger partial charge in [0.25, 0.3) is 11.8 Å². The van der Waals surface area contributed by atoms with Crippen molar-refractivity contribution >= 4 is 22.7 Å². The minimum Gasteiger partial charge on any atom is -0.376 e. The number of pyridine rings is 1. The second kappa shape index (κ2) is 8.00. The molecule has 0 spiro atoms. The minimum absolute atomic E-state index is 0.0409. The Morgan fingerprint density at radius 3 is 2.77 bits per heavy atom. The molecular formula is C21H20N6O4. The van der Waals surface area contributed by atoms with Gasteiger partial charge in [0.05, 0.1) is 5.52 Å². The average Bonchev–Trinajstić information content (AvgIpc) is 3.43. The number of aliphatic hydroxyl groups excluding tert-OH is 1. The number of hydrogen-bond donors (Lipinski definition) is 2. The zero-order valence-electron chi connectivity index (χ0n) is 16.9. The van der Waals surface area contributed by atoms with Crippen molar-refractivity contribution in [2.24, 2.45) is 5.73 Å². The predicted octanol–water partition coefficient (Wildman–Crippen LogP) is 1.69. The van der Waals surface area contributed by atoms with E-state index in [2.05, 4.69) is 15.2 Å². The zero-order chi connectivity index (χ0) is 22.1. The Balaban J connectivity index is 1.71. The Bertz CT molecular complexity index is 1280. The molecule has 4 rings (SSSR count). The molecular weight excluding hydrogens is 400 g/mol. The standard InChI is InChI=1S/C21H20N6O4/c1-3-26(2)21(30)19(28)16-11-14(25-31-16)12-8-9-23-17(10-12)27-15-7-5-4-6-13(15)18(24-27)20(22)29/h4-11,19,28H,3H2,1-2H3,(H2,22,29)/t19-/m1/s1. The van der Waals surface area contributed by atoms with Gasteiger partial charge in [0.2, 0.25) is 0 Å². The summed E-state index contributed by atoms with van der Waals surface area (Å²) in [6.45, 7) is 2.26. The molecule has 3 heterocycles. The summed E-state index contributed by atoms with van der Waals surface area (Å²) in [7, 11) is 1.59. The first-order valence-corrected chi connectivity index (χ1v) is 9.54. The first-order valence-electron chi connectivity index (χ1n) is 9.54. The molecule has 0 bridgehead atoms. The summed E-state index contributed by atoms with van der Waals surface area (Å²) in [4.78, 5) is 29.7. The van der Waals surface area contributed by atoms with Gasteiger partial charge in [0.1, 0.15) is 5.69 Å². The number of hydrogen-bond acceptors (Lipinski definition) is 7. The Morgan fingerprint density at radius 2 is 2.03 bits per heavy atom. The summed E-state index contributed by atoms with van der Waals surface area (Å²) >= 11 is 0. The summed E-state index contributed by atoms with van der Waals surface area (Å²) in [5.41, 5.74) is 7.33. The van der Waals surface area contributed by atoms with Crippen LogP contribution in [0, 0.1) is 0 Å². The number of nitrogens with zero attached hydrogens (tertiary/aromatic N) is 5. The quantitative estimate of drug-likeness (QED) is 0.483. The number of amides is 2. The molecule has 31 heavy (non-hydrogen) atoms. The highest BCUT2D eigenvalue weighted by molar-refractivity contribution is 6.04. The number of aromatic nitrogens is 4. The van der Waals surface area contributed by atoms with Crippen molar-refractivity contribution in [1.82, 2.24) is 24.8 Å². The fraction of sp³-hybridized carbons (Fsp3) is 0.190. The second-order valence-electron chi connectivity index (χ2n) is 6.91. The highest BCUT2D eigenvalue weighted by Gasteiger charge is 2.25. The number of rotatable bonds is 6. The smallest absolute Gasteiger partial charge is 0.269 e. The highest BCUT2D eigenvalue weighted by Crippen LogP contribution is 2.26. The van der Waals surface area contributed by atoms with Crippen molar-refractivity contribution in [2.45, 2.75) is 13.0 Å². The molecule has 0 aliphatic carbocycles. The molecule has 0 aliphatic heterocycles. The predicted molar refractivity (Wildman–Crippen MR) is 111 cm³/mol. The molecule has 0 fully saturated rings. The maximum atomic E-state index is 12.2. The van der Waals surface area contributed by atoms with Gasteiger partial charge in [-0.25, -0.2) is 9.67 Å². The number of carbonyl (C=O) groups is 2. The Kier molecular flexibility index (Phi) is 5.22. The summed E-state index contributed by atoms with van der Waals surface area (Å²) in [5.74, 6) is -0.641. The van der Waals surface area contributed by atoms with Crippen LogP contribution in [0.5, 0.6) is 0 Å². The molecule has 0 radical (unpaired) electrons. The van der Waals surface area contributed by atoms with Crippen LogP contribution in [-0.2, 0) is 4.79 Å². The van der Waals surface area contributed by atoms with Crippen molar-refractivity contribution in [3.63, 3.8) is 0 Å². The number of para-hydroxylation sites is 1. The van der Waals surface area contributed by atoms with Crippen molar-refractivity contribution < 1.29 is 19.2 Å². The molecule has 0 saturated carbocycles. The van der Waals surface area contributed by atoms with Gasteiger partial charge in [0, 0.05) is 36.8 Å². The summed E-state index contributed by atoms with van der Waals surface area (Å²) in [6, 6.07) is 12.1. The van der Waals surface area contributed by atoms with E-state index in [4.69, 9.17) is 10.3 Å². The van der Waals surface area contributed by atoms with E-state index in [0.717, 1.165) is 0 Å². The van der Waals surface area contributed by atoms with Crippen LogP contribution in [0.4, 0.5) is 0 Å². The molecule has 158 valence electrons. The lowest BCUT2D eigenvalue weighted by Crippen LogP contribution is -2.31. The molecule has 4 aromatic rings. The van der Waals surface area contributed by atoms with Crippen LogP contribution in [0.15, 0.2) is 53.2 Å². The fourth-order valence-corrected chi connectivity index (χ4v) is 3.16. The lowest BCUT2D eigenvalue weighted by Gasteiger charge is -2.16. The summed E-state index contributed by atoms with van der Waals surface area (Å²) in [5, 5.41) is 19.2. The normalized spacial score (nSPS) is 12.1. The SMILES string of the molecule is CCN(C)C(=O)[C@H](O)c1cc(-c2ccnc(-n3nc(C(N)=O)c4ccccc43)c2)no1. The van der Waals surface area contributed by atoms with Crippen LogP contribution >= 0.6 is 0 Å². The van der Waals surface area contributed by atoms with E-state index >= 15 is 0 Å². The number of primary amides is 1. The molecule has 3 N–H and O–H groups in total. The van der Waals surface area contributed by atoms with Gasteiger partial charge in [-0.3, -0.25) is 9.59 Å². The second-order valence-corrected chi connectivity index (χ2v) is 6.91. The maximum absolute atomic E-state index is 12.2. The number of likely N-dealkylation sites (N-methyl/N-ethyl adjacent to an activating group) is 1. The lowest BCUT2D eigenvalue weighted by molar-refractivity contribution is -0.139. The van der Waals surface area contributed by atoms with Gasteiger partial charge in [-0.2, -0.15) is 5.10 Å².